The summed E-state index contributed by atoms with van der Waals surface area (Å²) in [6, 6.07) is 0. The van der Waals surface area contributed by atoms with Gasteiger partial charge in [-0.15, -0.1) is 0 Å². The number of rotatable bonds is 56. The molecule has 0 aromatic rings. The molecule has 0 aliphatic carbocycles. The van der Waals surface area contributed by atoms with E-state index in [1.807, 2.05) is 0 Å². The van der Waals surface area contributed by atoms with Gasteiger partial charge in [0.05, 0.1) is 0 Å². The van der Waals surface area contributed by atoms with Crippen molar-refractivity contribution in [1.29, 1.82) is 0 Å². The maximum Gasteiger partial charge on any atom is 0.306 e. The number of unbranched alkanes of at least 4 members (excludes halogenated alkanes) is 41. The lowest BCUT2D eigenvalue weighted by atomic mass is 10.0. The first kappa shape index (κ1) is 65.9. The zero-order chi connectivity index (χ0) is 49.3. The molecule has 1 atom stereocenters. The summed E-state index contributed by atoms with van der Waals surface area (Å²) >= 11 is 0. The van der Waals surface area contributed by atoms with Crippen LogP contribution in [0.2, 0.25) is 0 Å². The molecule has 0 unspecified atom stereocenters. The van der Waals surface area contributed by atoms with Crippen LogP contribution in [0.3, 0.4) is 0 Å². The van der Waals surface area contributed by atoms with E-state index in [0.717, 1.165) is 57.8 Å². The lowest BCUT2D eigenvalue weighted by Crippen LogP contribution is -2.30. The predicted molar refractivity (Wildman–Crippen MR) is 293 cm³/mol. The highest BCUT2D eigenvalue weighted by Gasteiger charge is 2.19. The Kier molecular flexibility index (Phi) is 55.7. The van der Waals surface area contributed by atoms with Gasteiger partial charge >= 0.3 is 17.9 Å². The minimum Gasteiger partial charge on any atom is -0.462 e. The molecule has 0 aromatic heterocycles. The molecule has 0 spiro atoms. The van der Waals surface area contributed by atoms with Crippen molar-refractivity contribution in [3.05, 3.63) is 24.3 Å². The van der Waals surface area contributed by atoms with Gasteiger partial charge in [-0.25, -0.2) is 0 Å². The van der Waals surface area contributed by atoms with Gasteiger partial charge in [0.1, 0.15) is 13.2 Å². The summed E-state index contributed by atoms with van der Waals surface area (Å²) in [7, 11) is 0. The van der Waals surface area contributed by atoms with Gasteiger partial charge in [-0.2, -0.15) is 0 Å². The summed E-state index contributed by atoms with van der Waals surface area (Å²) in [5.41, 5.74) is 0. The molecule has 6 nitrogen and oxygen atoms in total. The number of ether oxygens (including phenoxy) is 3. The molecule has 0 N–H and O–H groups in total. The van der Waals surface area contributed by atoms with Crippen LogP contribution in [-0.2, 0) is 28.6 Å². The van der Waals surface area contributed by atoms with Crippen molar-refractivity contribution in [2.45, 2.75) is 341 Å². The van der Waals surface area contributed by atoms with Gasteiger partial charge < -0.3 is 14.2 Å². The highest BCUT2D eigenvalue weighted by Crippen LogP contribution is 2.17. The van der Waals surface area contributed by atoms with Crippen LogP contribution < -0.4 is 0 Å². The molecule has 0 radical (unpaired) electrons. The van der Waals surface area contributed by atoms with Gasteiger partial charge in [-0.3, -0.25) is 14.4 Å². The summed E-state index contributed by atoms with van der Waals surface area (Å²) in [6.45, 7) is 6.68. The molecule has 0 saturated heterocycles. The summed E-state index contributed by atoms with van der Waals surface area (Å²) in [5, 5.41) is 0. The van der Waals surface area contributed by atoms with Crippen molar-refractivity contribution in [1.82, 2.24) is 0 Å². The van der Waals surface area contributed by atoms with E-state index in [1.54, 1.807) is 0 Å². The second kappa shape index (κ2) is 57.5. The molecule has 6 heteroatoms. The third kappa shape index (κ3) is 54.8. The first-order valence-corrected chi connectivity index (χ1v) is 30.3. The Bertz CT molecular complexity index is 1100. The Morgan fingerprint density at radius 1 is 0.279 bits per heavy atom. The standard InChI is InChI=1S/C62H116O6/c1-4-7-10-13-16-19-22-25-27-29-30-31-32-34-36-38-41-44-47-50-53-56-62(65)68-59(57-66-60(63)54-51-48-45-42-39-24-21-18-15-12-9-6-3)58-67-61(64)55-52-49-46-43-40-37-35-33-28-26-23-20-17-14-11-8-5-2/h25-28,59H,4-24,29-58H2,1-3H3/b27-25-,28-26-/t59-/m0/s1. The van der Waals surface area contributed by atoms with E-state index in [4.69, 9.17) is 14.2 Å². The van der Waals surface area contributed by atoms with Crippen LogP contribution in [0.1, 0.15) is 335 Å². The molecule has 0 aliphatic heterocycles. The first-order valence-electron chi connectivity index (χ1n) is 30.3. The van der Waals surface area contributed by atoms with Crippen LogP contribution in [0.15, 0.2) is 24.3 Å². The maximum absolute atomic E-state index is 12.9. The molecule has 0 fully saturated rings. The van der Waals surface area contributed by atoms with Crippen molar-refractivity contribution in [3.63, 3.8) is 0 Å². The third-order valence-corrected chi connectivity index (χ3v) is 13.7. The average molecular weight is 958 g/mol. The Balaban J connectivity index is 4.29. The van der Waals surface area contributed by atoms with Crippen molar-refractivity contribution >= 4 is 17.9 Å². The van der Waals surface area contributed by atoms with Gasteiger partial charge in [0.25, 0.3) is 0 Å². The topological polar surface area (TPSA) is 78.9 Å². The SMILES string of the molecule is CCCCCCCC/C=C\CCCCCCCCCCCCCC(=O)O[C@H](COC(=O)CCCCCCCCC/C=C\CCCCCCCC)COC(=O)CCCCCCCCCCCCCC. The lowest BCUT2D eigenvalue weighted by molar-refractivity contribution is -0.167. The van der Waals surface area contributed by atoms with E-state index in [0.29, 0.717) is 19.3 Å². The van der Waals surface area contributed by atoms with Crippen molar-refractivity contribution < 1.29 is 28.6 Å². The normalized spacial score (nSPS) is 12.1. The number of carbonyl (C=O) groups is 3. The Labute approximate surface area is 423 Å². The van der Waals surface area contributed by atoms with Gasteiger partial charge in [0.2, 0.25) is 0 Å². The largest absolute Gasteiger partial charge is 0.462 e. The minimum absolute atomic E-state index is 0.0681. The average Bonchev–Trinajstić information content (AvgIpc) is 3.34. The molecule has 68 heavy (non-hydrogen) atoms. The molecule has 0 heterocycles. The van der Waals surface area contributed by atoms with Crippen LogP contribution in [0, 0.1) is 0 Å². The Hall–Kier alpha value is -2.11. The van der Waals surface area contributed by atoms with Crippen LogP contribution >= 0.6 is 0 Å². The lowest BCUT2D eigenvalue weighted by Gasteiger charge is -2.18. The highest BCUT2D eigenvalue weighted by atomic mass is 16.6. The summed E-state index contributed by atoms with van der Waals surface area (Å²) < 4.78 is 16.9. The van der Waals surface area contributed by atoms with Crippen LogP contribution in [0.25, 0.3) is 0 Å². The van der Waals surface area contributed by atoms with Crippen molar-refractivity contribution in [2.75, 3.05) is 13.2 Å². The van der Waals surface area contributed by atoms with Crippen LogP contribution in [-0.4, -0.2) is 37.2 Å². The van der Waals surface area contributed by atoms with Gasteiger partial charge in [-0.05, 0) is 70.6 Å². The van der Waals surface area contributed by atoms with Gasteiger partial charge in [0, 0.05) is 19.3 Å². The molecule has 0 rings (SSSR count). The molecular weight excluding hydrogens is 841 g/mol. The molecular formula is C62H116O6. The molecule has 0 saturated carbocycles. The molecule has 0 aromatic carbocycles. The van der Waals surface area contributed by atoms with E-state index in [2.05, 4.69) is 45.1 Å². The predicted octanol–water partition coefficient (Wildman–Crippen LogP) is 20.3. The smallest absolute Gasteiger partial charge is 0.306 e. The zero-order valence-corrected chi connectivity index (χ0v) is 45.9. The molecule has 0 bridgehead atoms. The highest BCUT2D eigenvalue weighted by molar-refractivity contribution is 5.71. The number of carbonyl (C=O) groups excluding carboxylic acids is 3. The molecule has 400 valence electrons. The Morgan fingerprint density at radius 2 is 0.485 bits per heavy atom. The van der Waals surface area contributed by atoms with E-state index in [1.165, 1.54) is 238 Å². The van der Waals surface area contributed by atoms with E-state index in [9.17, 15) is 14.4 Å². The minimum atomic E-state index is -0.769. The van der Waals surface area contributed by atoms with Crippen molar-refractivity contribution in [2.24, 2.45) is 0 Å². The fourth-order valence-corrected chi connectivity index (χ4v) is 9.08. The molecule has 0 amide bonds. The van der Waals surface area contributed by atoms with E-state index < -0.39 is 6.10 Å². The van der Waals surface area contributed by atoms with Gasteiger partial charge in [-0.1, -0.05) is 270 Å². The fraction of sp³-hybridized carbons (Fsp3) is 0.887. The third-order valence-electron chi connectivity index (χ3n) is 13.7. The summed E-state index contributed by atoms with van der Waals surface area (Å²) in [6.07, 6.45) is 67.4. The summed E-state index contributed by atoms with van der Waals surface area (Å²) in [4.78, 5) is 38.2. The second-order valence-electron chi connectivity index (χ2n) is 20.6. The zero-order valence-electron chi connectivity index (χ0n) is 45.9. The van der Waals surface area contributed by atoms with Crippen LogP contribution in [0.5, 0.6) is 0 Å². The van der Waals surface area contributed by atoms with Crippen molar-refractivity contribution in [3.8, 4) is 0 Å². The fourth-order valence-electron chi connectivity index (χ4n) is 9.08. The number of hydrogen-bond acceptors (Lipinski definition) is 6. The van der Waals surface area contributed by atoms with Crippen LogP contribution in [0.4, 0.5) is 0 Å². The first-order chi connectivity index (χ1) is 33.5. The van der Waals surface area contributed by atoms with E-state index in [-0.39, 0.29) is 31.1 Å². The van der Waals surface area contributed by atoms with E-state index >= 15 is 0 Å². The van der Waals surface area contributed by atoms with Gasteiger partial charge in [0.15, 0.2) is 6.10 Å². The Morgan fingerprint density at radius 3 is 0.735 bits per heavy atom. The quantitative estimate of drug-likeness (QED) is 0.0262. The molecule has 0 aliphatic rings. The number of esters is 3. The number of allylic oxidation sites excluding steroid dienone is 4. The summed E-state index contributed by atoms with van der Waals surface area (Å²) in [5.74, 6) is -0.852. The number of hydrogen-bond donors (Lipinski definition) is 0. The maximum atomic E-state index is 12.9. The second-order valence-corrected chi connectivity index (χ2v) is 20.6. The monoisotopic (exact) mass is 957 g/mol.